The van der Waals surface area contributed by atoms with Crippen LogP contribution in [0.3, 0.4) is 0 Å². The molecule has 0 N–H and O–H groups in total. The van der Waals surface area contributed by atoms with Crippen LogP contribution in [0, 0.1) is 49.0 Å². The van der Waals surface area contributed by atoms with Crippen molar-refractivity contribution in [2.24, 2.45) is 23.2 Å². The first-order chi connectivity index (χ1) is 31.2. The molecule has 0 amide bonds. The van der Waals surface area contributed by atoms with E-state index in [-0.39, 0.29) is 37.2 Å². The number of pyridine rings is 3. The van der Waals surface area contributed by atoms with E-state index in [2.05, 4.69) is 39.4 Å². The van der Waals surface area contributed by atoms with Gasteiger partial charge in [0.15, 0.2) is 0 Å². The molecule has 58 heavy (non-hydrogen) atoms. The number of rotatable bonds is 7. The van der Waals surface area contributed by atoms with E-state index in [1.54, 1.807) is 30.5 Å². The summed E-state index contributed by atoms with van der Waals surface area (Å²) in [6, 6.07) is 31.9. The standard InChI is InChI=1S/C32H29N2S.C20H28GeN.Ir/c1-20-7-12-26(29-19-22(15-16-33-29)18-25-17-21-8-10-23(25)11-9-21)31-30(20)27-13-14-28(34-32(27)35-31)24-5-3-2-4-6-24;1-15-8-10-16(11-9-15)19-12-17(13-20(2,3)4)18(14-22-19)21(5,6)7;/h2-7,13-16,19,21,23,25H,8-11,17-18H2,1H3;8-10,12,14H,13H2,1-7H3;/q2*-1;/i1D3,18D2;1D3,13D2;. The van der Waals surface area contributed by atoms with Crippen LogP contribution in [0.25, 0.3) is 54.1 Å². The second-order valence-corrected chi connectivity index (χ2v) is 29.3. The molecule has 4 heterocycles. The van der Waals surface area contributed by atoms with E-state index in [1.807, 2.05) is 81.6 Å². The average Bonchev–Trinajstić information content (AvgIpc) is 3.67. The van der Waals surface area contributed by atoms with Gasteiger partial charge in [-0.25, -0.2) is 4.98 Å². The molecule has 1 unspecified atom stereocenters. The predicted octanol–water partition coefficient (Wildman–Crippen LogP) is 13.6. The number of hydrogen-bond donors (Lipinski definition) is 0. The molecule has 3 saturated carbocycles. The van der Waals surface area contributed by atoms with Crippen molar-refractivity contribution in [3.05, 3.63) is 132 Å². The van der Waals surface area contributed by atoms with Crippen molar-refractivity contribution < 1.29 is 33.8 Å². The predicted molar refractivity (Wildman–Crippen MR) is 246 cm³/mol. The summed E-state index contributed by atoms with van der Waals surface area (Å²) in [4.78, 5) is 14.9. The number of fused-ring (bicyclic) bond motifs is 6. The third-order valence-electron chi connectivity index (χ3n) is 11.2. The van der Waals surface area contributed by atoms with Gasteiger partial charge >= 0.3 is 145 Å². The molecule has 3 fully saturated rings. The molecule has 6 heteroatoms. The van der Waals surface area contributed by atoms with Crippen molar-refractivity contribution in [2.45, 2.75) is 96.6 Å². The van der Waals surface area contributed by atoms with Crippen molar-refractivity contribution in [1.29, 1.82) is 0 Å². The molecule has 3 aliphatic rings. The molecule has 3 aromatic carbocycles. The average molecular weight is 1030 g/mol. The van der Waals surface area contributed by atoms with Crippen LogP contribution in [0.15, 0.2) is 97.3 Å². The Morgan fingerprint density at radius 1 is 0.862 bits per heavy atom. The second-order valence-electron chi connectivity index (χ2n) is 17.7. The fourth-order valence-electron chi connectivity index (χ4n) is 8.38. The minimum Gasteiger partial charge on any atom is -0.305 e. The van der Waals surface area contributed by atoms with Gasteiger partial charge in [-0.2, -0.15) is 11.3 Å². The SMILES string of the molecule is [2H]C([2H])([2H])c1c[c-]c(-c2cc(C([2H])([2H])C(C)(C)C)[c]([Ge]([CH3])([CH3])[CH3])cn2)cc1.[2H]C([2H])([2H])c1c[c-]c(-c2cc(C([2H])([2H])C3CC4CCC3CC4)ccn2)c2sc3nc(-c4ccccc4)ccc3c12.[Ir]. The van der Waals surface area contributed by atoms with E-state index in [4.69, 9.17) is 16.0 Å². The topological polar surface area (TPSA) is 38.7 Å². The molecule has 0 aliphatic heterocycles. The third-order valence-corrected chi connectivity index (χ3v) is 16.6. The number of aryl methyl sites for hydroxylation is 2. The quantitative estimate of drug-likeness (QED) is 0.118. The summed E-state index contributed by atoms with van der Waals surface area (Å²) in [5, 5.41) is 1.45. The van der Waals surface area contributed by atoms with Crippen LogP contribution in [0.1, 0.15) is 88.8 Å². The molecule has 301 valence electrons. The van der Waals surface area contributed by atoms with E-state index in [1.165, 1.54) is 30.2 Å². The van der Waals surface area contributed by atoms with Gasteiger partial charge in [0.25, 0.3) is 0 Å². The van der Waals surface area contributed by atoms with Gasteiger partial charge in [0, 0.05) is 44.1 Å². The molecule has 3 aliphatic carbocycles. The van der Waals surface area contributed by atoms with Gasteiger partial charge in [-0.15, -0.1) is 23.3 Å². The summed E-state index contributed by atoms with van der Waals surface area (Å²) >= 11 is -0.908. The molecule has 1 atom stereocenters. The Balaban J connectivity index is 0.000000215. The first-order valence-electron chi connectivity index (χ1n) is 25.1. The number of benzene rings is 3. The Bertz CT molecular complexity index is 2910. The molecular formula is C52H57GeIrN3S-2. The van der Waals surface area contributed by atoms with Gasteiger partial charge in [0.1, 0.15) is 4.83 Å². The molecule has 10 rings (SSSR count). The largest absolute Gasteiger partial charge is 0.305 e. The smallest absolute Gasteiger partial charge is 0.114 e. The van der Waals surface area contributed by atoms with Gasteiger partial charge in [-0.05, 0) is 65.9 Å². The van der Waals surface area contributed by atoms with Gasteiger partial charge in [0.05, 0.1) is 5.69 Å². The summed E-state index contributed by atoms with van der Waals surface area (Å²) in [6.07, 6.45) is 6.18. The summed E-state index contributed by atoms with van der Waals surface area (Å²) in [7, 11) is 0. The summed E-state index contributed by atoms with van der Waals surface area (Å²) in [5.41, 5.74) is 5.66. The molecule has 2 bridgehead atoms. The van der Waals surface area contributed by atoms with Crippen LogP contribution >= 0.6 is 11.3 Å². The monoisotopic (exact) mass is 1030 g/mol. The van der Waals surface area contributed by atoms with Crippen molar-refractivity contribution in [1.82, 2.24) is 15.0 Å². The van der Waals surface area contributed by atoms with Gasteiger partial charge in [-0.1, -0.05) is 73.1 Å². The summed E-state index contributed by atoms with van der Waals surface area (Å²) in [6.45, 7) is 1.24. The van der Waals surface area contributed by atoms with Gasteiger partial charge in [-0.3, -0.25) is 0 Å². The summed E-state index contributed by atoms with van der Waals surface area (Å²) < 4.78 is 84.9. The molecule has 4 aromatic heterocycles. The Morgan fingerprint density at radius 3 is 2.34 bits per heavy atom. The van der Waals surface area contributed by atoms with E-state index in [0.29, 0.717) is 50.9 Å². The fraction of sp³-hybridized carbons (Fsp3) is 0.365. The Hall–Kier alpha value is -3.48. The number of hydrogen-bond acceptors (Lipinski definition) is 4. The second kappa shape index (κ2) is 17.6. The molecule has 0 spiro atoms. The van der Waals surface area contributed by atoms with Crippen LogP contribution in [0.2, 0.25) is 17.3 Å². The number of nitrogens with zero attached hydrogens (tertiary/aromatic N) is 3. The Kier molecular flexibility index (Phi) is 9.54. The van der Waals surface area contributed by atoms with Crippen molar-refractivity contribution in [2.75, 3.05) is 0 Å². The van der Waals surface area contributed by atoms with Crippen LogP contribution in [-0.2, 0) is 32.9 Å². The minimum atomic E-state index is -2.36. The molecule has 1 radical (unpaired) electrons. The van der Waals surface area contributed by atoms with Crippen LogP contribution < -0.4 is 4.40 Å². The van der Waals surface area contributed by atoms with Crippen molar-refractivity contribution in [3.63, 3.8) is 0 Å². The van der Waals surface area contributed by atoms with Crippen LogP contribution in [-0.4, -0.2) is 28.2 Å². The minimum absolute atomic E-state index is 0. The van der Waals surface area contributed by atoms with Crippen LogP contribution in [0.5, 0.6) is 0 Å². The Labute approximate surface area is 381 Å². The van der Waals surface area contributed by atoms with Gasteiger partial charge in [0.2, 0.25) is 0 Å². The first-order valence-corrected chi connectivity index (χ1v) is 28.3. The number of thiophene rings is 1. The number of aromatic nitrogens is 3. The third kappa shape index (κ3) is 9.60. The maximum Gasteiger partial charge on any atom is 0.114 e. The first kappa shape index (κ1) is 31.4. The van der Waals surface area contributed by atoms with Crippen molar-refractivity contribution >= 4 is 49.3 Å². The Morgan fingerprint density at radius 2 is 1.67 bits per heavy atom. The summed E-state index contributed by atoms with van der Waals surface area (Å²) in [5.74, 6) is 7.78. The maximum absolute atomic E-state index is 9.19. The van der Waals surface area contributed by atoms with E-state index >= 15 is 0 Å². The zero-order valence-electron chi connectivity index (χ0n) is 44.1. The molecule has 3 nitrogen and oxygen atoms in total. The normalized spacial score (nSPS) is 21.3. The fourth-order valence-corrected chi connectivity index (χ4v) is 12.5. The van der Waals surface area contributed by atoms with E-state index < -0.39 is 45.1 Å². The molecule has 0 saturated heterocycles. The van der Waals surface area contributed by atoms with Gasteiger partial charge < -0.3 is 4.98 Å². The zero-order valence-corrected chi connectivity index (χ0v) is 39.4. The van der Waals surface area contributed by atoms with E-state index in [0.717, 1.165) is 49.8 Å². The van der Waals surface area contributed by atoms with Crippen molar-refractivity contribution in [3.8, 4) is 33.8 Å². The maximum atomic E-state index is 9.19. The molecule has 7 aromatic rings. The van der Waals surface area contributed by atoms with Crippen LogP contribution in [0.4, 0.5) is 0 Å². The van der Waals surface area contributed by atoms with E-state index in [9.17, 15) is 2.74 Å². The molecular weight excluding hydrogens is 963 g/mol. The zero-order chi connectivity index (χ0) is 48.5.